The van der Waals surface area contributed by atoms with E-state index in [0.717, 1.165) is 6.07 Å². The van der Waals surface area contributed by atoms with Crippen molar-refractivity contribution >= 4 is 10.0 Å². The number of hydrogen-bond acceptors (Lipinski definition) is 4. The second-order valence-corrected chi connectivity index (χ2v) is 5.28. The fourth-order valence-electron chi connectivity index (χ4n) is 1.24. The van der Waals surface area contributed by atoms with Crippen LogP contribution in [0, 0.1) is 11.6 Å². The van der Waals surface area contributed by atoms with Crippen LogP contribution in [0.3, 0.4) is 0 Å². The largest absolute Gasteiger partial charge is 0.488 e. The highest BCUT2D eigenvalue weighted by Crippen LogP contribution is 2.24. The van der Waals surface area contributed by atoms with Gasteiger partial charge in [0.2, 0.25) is 15.8 Å². The normalized spacial score (nSPS) is 12.5. The van der Waals surface area contributed by atoms with Gasteiger partial charge in [-0.15, -0.1) is 0 Å². The minimum absolute atomic E-state index is 0.485. The number of alkyl halides is 3. The molecule has 5 nitrogen and oxygen atoms in total. The standard InChI is InChI=1S/C10H10F5NO4S/c11-8-6(20-4-3-19-5-10(13,14)15)1-2-7(9(8)12)21(16,17)18/h1-2H,3-5H2,(H2,16,17,18). The molecule has 0 aliphatic carbocycles. The molecule has 120 valence electrons. The Labute approximate surface area is 116 Å². The van der Waals surface area contributed by atoms with E-state index in [9.17, 15) is 30.4 Å². The van der Waals surface area contributed by atoms with Gasteiger partial charge < -0.3 is 9.47 Å². The van der Waals surface area contributed by atoms with E-state index in [2.05, 4.69) is 14.6 Å². The van der Waals surface area contributed by atoms with Gasteiger partial charge in [-0.2, -0.15) is 17.6 Å². The summed E-state index contributed by atoms with van der Waals surface area (Å²) in [6.07, 6.45) is -4.51. The predicted octanol–water partition coefficient (Wildman–Crippen LogP) is 1.57. The van der Waals surface area contributed by atoms with E-state index >= 15 is 0 Å². The Balaban J connectivity index is 2.64. The zero-order valence-corrected chi connectivity index (χ0v) is 11.1. The molecule has 0 fully saturated rings. The molecule has 0 saturated heterocycles. The predicted molar refractivity (Wildman–Crippen MR) is 60.1 cm³/mol. The van der Waals surface area contributed by atoms with Crippen molar-refractivity contribution in [2.75, 3.05) is 19.8 Å². The molecular weight excluding hydrogens is 325 g/mol. The van der Waals surface area contributed by atoms with Crippen LogP contribution in [-0.2, 0) is 14.8 Å². The monoisotopic (exact) mass is 335 g/mol. The molecule has 0 aliphatic rings. The van der Waals surface area contributed by atoms with E-state index in [4.69, 9.17) is 0 Å². The van der Waals surface area contributed by atoms with Gasteiger partial charge in [0, 0.05) is 0 Å². The average Bonchev–Trinajstić information content (AvgIpc) is 2.31. The van der Waals surface area contributed by atoms with Crippen molar-refractivity contribution < 1.29 is 39.8 Å². The maximum Gasteiger partial charge on any atom is 0.411 e. The highest BCUT2D eigenvalue weighted by molar-refractivity contribution is 7.89. The zero-order valence-electron chi connectivity index (χ0n) is 10.3. The van der Waals surface area contributed by atoms with E-state index in [-0.39, 0.29) is 0 Å². The number of rotatable bonds is 6. The van der Waals surface area contributed by atoms with Crippen LogP contribution in [-0.4, -0.2) is 34.4 Å². The minimum Gasteiger partial charge on any atom is -0.488 e. The zero-order chi connectivity index (χ0) is 16.3. The third-order valence-corrected chi connectivity index (χ3v) is 3.00. The van der Waals surface area contributed by atoms with Gasteiger partial charge in [-0.25, -0.2) is 17.9 Å². The summed E-state index contributed by atoms with van der Waals surface area (Å²) in [5.41, 5.74) is 0. The topological polar surface area (TPSA) is 78.6 Å². The summed E-state index contributed by atoms with van der Waals surface area (Å²) in [4.78, 5) is -1.05. The summed E-state index contributed by atoms with van der Waals surface area (Å²) in [5.74, 6) is -4.01. The Bertz CT molecular complexity index is 602. The van der Waals surface area contributed by atoms with Crippen LogP contribution < -0.4 is 9.88 Å². The van der Waals surface area contributed by atoms with E-state index in [1.807, 2.05) is 0 Å². The van der Waals surface area contributed by atoms with Crippen LogP contribution in [0.4, 0.5) is 22.0 Å². The fourth-order valence-corrected chi connectivity index (χ4v) is 1.84. The van der Waals surface area contributed by atoms with Gasteiger partial charge in [-0.05, 0) is 12.1 Å². The molecule has 0 aliphatic heterocycles. The second-order valence-electron chi connectivity index (χ2n) is 3.75. The smallest absolute Gasteiger partial charge is 0.411 e. The second kappa shape index (κ2) is 6.54. The summed E-state index contributed by atoms with van der Waals surface area (Å²) in [7, 11) is -4.44. The summed E-state index contributed by atoms with van der Waals surface area (Å²) >= 11 is 0. The molecule has 0 radical (unpaired) electrons. The number of sulfonamides is 1. The summed E-state index contributed by atoms with van der Waals surface area (Å²) < 4.78 is 92.7. The first-order valence-electron chi connectivity index (χ1n) is 5.30. The molecule has 21 heavy (non-hydrogen) atoms. The van der Waals surface area contributed by atoms with Crippen molar-refractivity contribution in [2.45, 2.75) is 11.1 Å². The highest BCUT2D eigenvalue weighted by Gasteiger charge is 2.27. The lowest BCUT2D eigenvalue weighted by atomic mass is 10.3. The molecule has 0 aromatic heterocycles. The SMILES string of the molecule is NS(=O)(=O)c1ccc(OCCOCC(F)(F)F)c(F)c1F. The molecule has 0 atom stereocenters. The van der Waals surface area contributed by atoms with Gasteiger partial charge >= 0.3 is 6.18 Å². The fraction of sp³-hybridized carbons (Fsp3) is 0.400. The lowest BCUT2D eigenvalue weighted by Crippen LogP contribution is -2.20. The third-order valence-electron chi connectivity index (χ3n) is 2.07. The number of ether oxygens (including phenoxy) is 2. The molecule has 1 aromatic carbocycles. The Morgan fingerprint density at radius 2 is 1.71 bits per heavy atom. The maximum atomic E-state index is 13.5. The molecule has 11 heteroatoms. The lowest BCUT2D eigenvalue weighted by Gasteiger charge is -2.10. The Kier molecular flexibility index (Phi) is 5.48. The van der Waals surface area contributed by atoms with Gasteiger partial charge in [0.25, 0.3) is 0 Å². The molecule has 0 bridgehead atoms. The number of benzene rings is 1. The Morgan fingerprint density at radius 3 is 2.24 bits per heavy atom. The molecule has 1 rings (SSSR count). The van der Waals surface area contributed by atoms with Gasteiger partial charge in [0.05, 0.1) is 6.61 Å². The van der Waals surface area contributed by atoms with Gasteiger partial charge in [0.15, 0.2) is 11.6 Å². The molecule has 2 N–H and O–H groups in total. The molecule has 0 heterocycles. The third kappa shape index (κ3) is 5.44. The molecular formula is C10H10F5NO4S. The van der Waals surface area contributed by atoms with Crippen molar-refractivity contribution in [1.29, 1.82) is 0 Å². The van der Waals surface area contributed by atoms with E-state index in [1.165, 1.54) is 0 Å². The lowest BCUT2D eigenvalue weighted by molar-refractivity contribution is -0.175. The number of halogens is 5. The van der Waals surface area contributed by atoms with E-state index in [0.29, 0.717) is 6.07 Å². The van der Waals surface area contributed by atoms with Crippen LogP contribution >= 0.6 is 0 Å². The van der Waals surface area contributed by atoms with Gasteiger partial charge in [0.1, 0.15) is 18.1 Å². The first-order chi connectivity index (χ1) is 9.52. The quantitative estimate of drug-likeness (QED) is 0.632. The highest BCUT2D eigenvalue weighted by atomic mass is 32.2. The van der Waals surface area contributed by atoms with Gasteiger partial charge in [-0.3, -0.25) is 0 Å². The Morgan fingerprint density at radius 1 is 1.10 bits per heavy atom. The first-order valence-corrected chi connectivity index (χ1v) is 6.85. The molecule has 0 spiro atoms. The summed E-state index contributed by atoms with van der Waals surface area (Å²) in [6.45, 7) is -2.50. The maximum absolute atomic E-state index is 13.5. The van der Waals surface area contributed by atoms with Crippen LogP contribution in [0.25, 0.3) is 0 Å². The minimum atomic E-state index is -4.51. The van der Waals surface area contributed by atoms with Crippen molar-refractivity contribution in [2.24, 2.45) is 5.14 Å². The summed E-state index contributed by atoms with van der Waals surface area (Å²) in [5, 5.41) is 4.66. The van der Waals surface area contributed by atoms with Crippen LogP contribution in [0.5, 0.6) is 5.75 Å². The van der Waals surface area contributed by atoms with Crippen LogP contribution in [0.15, 0.2) is 17.0 Å². The summed E-state index contributed by atoms with van der Waals surface area (Å²) in [6, 6.07) is 1.47. The van der Waals surface area contributed by atoms with Crippen molar-refractivity contribution in [3.8, 4) is 5.75 Å². The molecule has 1 aromatic rings. The molecule has 0 saturated carbocycles. The van der Waals surface area contributed by atoms with E-state index in [1.54, 1.807) is 0 Å². The first kappa shape index (κ1) is 17.6. The van der Waals surface area contributed by atoms with Crippen molar-refractivity contribution in [1.82, 2.24) is 0 Å². The molecule has 0 unspecified atom stereocenters. The Hall–Kier alpha value is -1.46. The van der Waals surface area contributed by atoms with Crippen molar-refractivity contribution in [3.05, 3.63) is 23.8 Å². The van der Waals surface area contributed by atoms with Crippen LogP contribution in [0.1, 0.15) is 0 Å². The van der Waals surface area contributed by atoms with Crippen molar-refractivity contribution in [3.63, 3.8) is 0 Å². The number of primary sulfonamides is 1. The molecule has 0 amide bonds. The van der Waals surface area contributed by atoms with Gasteiger partial charge in [-0.1, -0.05) is 0 Å². The van der Waals surface area contributed by atoms with E-state index < -0.39 is 58.3 Å². The number of hydrogen-bond donors (Lipinski definition) is 1. The number of nitrogens with two attached hydrogens (primary N) is 1. The average molecular weight is 335 g/mol. The van der Waals surface area contributed by atoms with Crippen LogP contribution in [0.2, 0.25) is 0 Å².